The quantitative estimate of drug-likeness (QED) is 0.171. The number of aliphatic imine (C=N–C) groups is 1. The summed E-state index contributed by atoms with van der Waals surface area (Å²) in [7, 11) is 1.73. The summed E-state index contributed by atoms with van der Waals surface area (Å²) in [5.74, 6) is 0.950. The zero-order valence-electron chi connectivity index (χ0n) is 27.2. The van der Waals surface area contributed by atoms with Gasteiger partial charge in [-0.15, -0.1) is 6.58 Å². The molecule has 1 aromatic rings. The fraction of sp³-hybridized carbons (Fsp3) is 0.618. The predicted molar refractivity (Wildman–Crippen MR) is 172 cm³/mol. The van der Waals surface area contributed by atoms with Crippen LogP contribution in [0.2, 0.25) is 0 Å². The van der Waals surface area contributed by atoms with Gasteiger partial charge in [0.25, 0.3) is 0 Å². The third-order valence-corrected chi connectivity index (χ3v) is 4.64. The van der Waals surface area contributed by atoms with Gasteiger partial charge in [0.2, 0.25) is 0 Å². The van der Waals surface area contributed by atoms with Gasteiger partial charge in [0.05, 0.1) is 0 Å². The summed E-state index contributed by atoms with van der Waals surface area (Å²) in [6.45, 7) is 36.0. The standard InChI is InChI=1S/C10H14.C9H15NO.C7H14.C4H10.2C2H6/c1-3-9-6-5-7-10(4-2)8-9;1-6(8(3)10-5)7(2)9(4)11;1-4-5-6-7(2)3;1-4(2)3;2*1-2/h5-8H,3-4H2,1-2H3;11H,4H2,1-3,5H3;2,4-6H2,1,3H3;4H,1-3H3;2*1-2H3/b;7-6-,10-8?;;;;. The summed E-state index contributed by atoms with van der Waals surface area (Å²) in [6.07, 6.45) is 6.08. The first-order valence-electron chi connectivity index (χ1n) is 14.1. The van der Waals surface area contributed by atoms with E-state index in [1.807, 2.05) is 48.5 Å². The minimum absolute atomic E-state index is 0.116. The topological polar surface area (TPSA) is 32.6 Å². The molecule has 0 bridgehead atoms. The van der Waals surface area contributed by atoms with Crippen LogP contribution in [-0.4, -0.2) is 17.9 Å². The van der Waals surface area contributed by atoms with Crippen LogP contribution in [0.4, 0.5) is 0 Å². The third kappa shape index (κ3) is 34.1. The van der Waals surface area contributed by atoms with Gasteiger partial charge < -0.3 is 5.11 Å². The molecule has 0 amide bonds. The molecule has 2 heteroatoms. The van der Waals surface area contributed by atoms with E-state index in [2.05, 4.69) is 90.9 Å². The maximum Gasteiger partial charge on any atom is 0.111 e. The number of rotatable bonds is 7. The maximum atomic E-state index is 9.03. The Bertz CT molecular complexity index is 671. The van der Waals surface area contributed by atoms with Crippen LogP contribution in [0, 0.1) is 5.92 Å². The minimum Gasteiger partial charge on any atom is -0.508 e. The molecule has 36 heavy (non-hydrogen) atoms. The molecule has 0 heterocycles. The van der Waals surface area contributed by atoms with Gasteiger partial charge in [-0.25, -0.2) is 0 Å². The number of aliphatic hydroxyl groups is 1. The maximum absolute atomic E-state index is 9.03. The average molecular weight is 504 g/mol. The summed E-state index contributed by atoms with van der Waals surface area (Å²) in [5.41, 5.74) is 6.91. The molecular formula is C34H65NO. The molecule has 0 aromatic heterocycles. The van der Waals surface area contributed by atoms with E-state index in [1.165, 1.54) is 36.0 Å². The Kier molecular flexibility index (Phi) is 40.2. The highest BCUT2D eigenvalue weighted by Crippen LogP contribution is 2.11. The SMILES string of the molecule is C=C(C)CCCC.C=C(O)/C(C)=C(/C)C(C)=NC.CC.CC.CC(C)C.CCc1cccc(CC)c1. The van der Waals surface area contributed by atoms with Crippen LogP contribution in [0.3, 0.4) is 0 Å². The van der Waals surface area contributed by atoms with Crippen LogP contribution in [0.15, 0.2) is 64.9 Å². The van der Waals surface area contributed by atoms with Crippen molar-refractivity contribution in [2.75, 3.05) is 7.05 Å². The van der Waals surface area contributed by atoms with Crippen LogP contribution >= 0.6 is 0 Å². The van der Waals surface area contributed by atoms with Crippen molar-refractivity contribution in [3.05, 3.63) is 71.0 Å². The second-order valence-corrected chi connectivity index (χ2v) is 8.83. The summed E-state index contributed by atoms with van der Waals surface area (Å²) >= 11 is 0. The molecule has 0 aliphatic carbocycles. The van der Waals surface area contributed by atoms with E-state index >= 15 is 0 Å². The normalized spacial score (nSPS) is 10.2. The third-order valence-electron chi connectivity index (χ3n) is 4.64. The van der Waals surface area contributed by atoms with Crippen molar-refractivity contribution in [2.45, 2.75) is 129 Å². The Morgan fingerprint density at radius 1 is 0.833 bits per heavy atom. The van der Waals surface area contributed by atoms with Crippen molar-refractivity contribution in [1.82, 2.24) is 0 Å². The molecule has 0 aliphatic rings. The number of hydrogen-bond acceptors (Lipinski definition) is 2. The number of aryl methyl sites for hydroxylation is 2. The van der Waals surface area contributed by atoms with E-state index in [1.54, 1.807) is 7.05 Å². The largest absolute Gasteiger partial charge is 0.508 e. The Morgan fingerprint density at radius 2 is 1.22 bits per heavy atom. The van der Waals surface area contributed by atoms with Crippen molar-refractivity contribution in [1.29, 1.82) is 0 Å². The van der Waals surface area contributed by atoms with Gasteiger partial charge in [0.1, 0.15) is 5.76 Å². The van der Waals surface area contributed by atoms with Crippen molar-refractivity contribution in [2.24, 2.45) is 10.9 Å². The fourth-order valence-electron chi connectivity index (χ4n) is 2.20. The van der Waals surface area contributed by atoms with Crippen LogP contribution in [0.1, 0.15) is 127 Å². The summed E-state index contributed by atoms with van der Waals surface area (Å²) < 4.78 is 0. The van der Waals surface area contributed by atoms with Gasteiger partial charge in [-0.05, 0) is 81.6 Å². The fourth-order valence-corrected chi connectivity index (χ4v) is 2.20. The van der Waals surface area contributed by atoms with Gasteiger partial charge in [0.15, 0.2) is 0 Å². The first-order valence-corrected chi connectivity index (χ1v) is 14.1. The van der Waals surface area contributed by atoms with E-state index < -0.39 is 0 Å². The summed E-state index contributed by atoms with van der Waals surface area (Å²) in [4.78, 5) is 4.00. The highest BCUT2D eigenvalue weighted by Gasteiger charge is 2.01. The number of aliphatic hydroxyl groups excluding tert-OH is 1. The monoisotopic (exact) mass is 504 g/mol. The lowest BCUT2D eigenvalue weighted by Gasteiger charge is -2.04. The van der Waals surface area contributed by atoms with Crippen LogP contribution < -0.4 is 0 Å². The second-order valence-electron chi connectivity index (χ2n) is 8.83. The lowest BCUT2D eigenvalue weighted by molar-refractivity contribution is 0.425. The second kappa shape index (κ2) is 32.9. The van der Waals surface area contributed by atoms with Gasteiger partial charge in [0, 0.05) is 12.8 Å². The molecule has 1 rings (SSSR count). The first kappa shape index (κ1) is 43.9. The number of nitrogens with zero attached hydrogens (tertiary/aromatic N) is 1. The molecule has 1 aromatic carbocycles. The average Bonchev–Trinajstić information content (AvgIpc) is 2.88. The van der Waals surface area contributed by atoms with Crippen molar-refractivity contribution >= 4 is 5.71 Å². The molecule has 0 spiro atoms. The van der Waals surface area contributed by atoms with Crippen LogP contribution in [-0.2, 0) is 12.8 Å². The number of hydrogen-bond donors (Lipinski definition) is 1. The summed E-state index contributed by atoms with van der Waals surface area (Å²) in [5, 5.41) is 9.03. The van der Waals surface area contributed by atoms with Gasteiger partial charge in [-0.3, -0.25) is 4.99 Å². The molecule has 2 nitrogen and oxygen atoms in total. The Morgan fingerprint density at radius 3 is 1.44 bits per heavy atom. The van der Waals surface area contributed by atoms with Gasteiger partial charge in [-0.2, -0.15) is 0 Å². The van der Waals surface area contributed by atoms with Crippen molar-refractivity contribution < 1.29 is 5.11 Å². The van der Waals surface area contributed by atoms with Crippen LogP contribution in [0.25, 0.3) is 0 Å². The minimum atomic E-state index is 0.116. The molecule has 212 valence electrons. The first-order chi connectivity index (χ1) is 16.9. The molecule has 0 fully saturated rings. The zero-order valence-corrected chi connectivity index (χ0v) is 27.2. The van der Waals surface area contributed by atoms with Gasteiger partial charge >= 0.3 is 0 Å². The molecule has 0 saturated carbocycles. The van der Waals surface area contributed by atoms with Crippen LogP contribution in [0.5, 0.6) is 0 Å². The molecular weight excluding hydrogens is 438 g/mol. The molecule has 0 aliphatic heterocycles. The van der Waals surface area contributed by atoms with E-state index in [4.69, 9.17) is 5.11 Å². The highest BCUT2D eigenvalue weighted by molar-refractivity contribution is 5.98. The molecule has 0 saturated heterocycles. The Labute approximate surface area is 228 Å². The van der Waals surface area contributed by atoms with E-state index in [0.717, 1.165) is 35.6 Å². The smallest absolute Gasteiger partial charge is 0.111 e. The predicted octanol–water partition coefficient (Wildman–Crippen LogP) is 11.8. The lowest BCUT2D eigenvalue weighted by atomic mass is 10.1. The Balaban J connectivity index is -0.000000118. The molecule has 0 unspecified atom stereocenters. The highest BCUT2D eigenvalue weighted by atomic mass is 16.3. The molecule has 0 atom stereocenters. The lowest BCUT2D eigenvalue weighted by Crippen LogP contribution is -1.97. The number of benzene rings is 1. The van der Waals surface area contributed by atoms with E-state index in [0.29, 0.717) is 0 Å². The molecule has 0 radical (unpaired) electrons. The van der Waals surface area contributed by atoms with Crippen molar-refractivity contribution in [3.8, 4) is 0 Å². The zero-order chi connectivity index (χ0) is 29.7. The van der Waals surface area contributed by atoms with E-state index in [9.17, 15) is 0 Å². The molecule has 1 N–H and O–H groups in total. The summed E-state index contributed by atoms with van der Waals surface area (Å²) in [6, 6.07) is 8.77. The Hall–Kier alpha value is -2.09. The van der Waals surface area contributed by atoms with Crippen molar-refractivity contribution in [3.63, 3.8) is 0 Å². The number of allylic oxidation sites excluding steroid dienone is 3. The number of unbranched alkanes of at least 4 members (excludes halogenated alkanes) is 1. The van der Waals surface area contributed by atoms with E-state index in [-0.39, 0.29) is 5.76 Å². The van der Waals surface area contributed by atoms with Gasteiger partial charge in [-0.1, -0.05) is 112 Å².